The summed E-state index contributed by atoms with van der Waals surface area (Å²) in [4.78, 5) is 21.0. The van der Waals surface area contributed by atoms with Crippen molar-refractivity contribution < 1.29 is 14.3 Å². The Hall–Kier alpha value is -2.12. The number of nitrogens with zero attached hydrogens (tertiary/aromatic N) is 3. The summed E-state index contributed by atoms with van der Waals surface area (Å²) in [6.07, 6.45) is 3.29. The summed E-state index contributed by atoms with van der Waals surface area (Å²) < 4.78 is 11.0. The van der Waals surface area contributed by atoms with E-state index in [4.69, 9.17) is 9.47 Å². The van der Waals surface area contributed by atoms with Crippen LogP contribution in [0.5, 0.6) is 0 Å². The van der Waals surface area contributed by atoms with Gasteiger partial charge in [-0.2, -0.15) is 0 Å². The Morgan fingerprint density at radius 2 is 1.83 bits per heavy atom. The largest absolute Gasteiger partial charge is 0.385 e. The molecular formula is C23H38N4O3. The van der Waals surface area contributed by atoms with Crippen LogP contribution in [-0.2, 0) is 16.0 Å². The van der Waals surface area contributed by atoms with E-state index in [1.807, 2.05) is 50.1 Å². The first kappa shape index (κ1) is 24.2. The number of carbonyl (C=O) groups is 1. The van der Waals surface area contributed by atoms with Crippen LogP contribution in [0.1, 0.15) is 49.0 Å². The van der Waals surface area contributed by atoms with Crippen molar-refractivity contribution in [2.45, 2.75) is 45.8 Å². The standard InChI is InChI=1S/C23H38N4O3/c1-5-26(6-2)22(28)20-10-8-19(9-11-20)18-25-23(24-3)27-14-12-21(13-15-27)30-17-7-16-29-4/h8-11,21H,5-7,12-18H2,1-4H3,(H,24,25). The summed E-state index contributed by atoms with van der Waals surface area (Å²) in [6.45, 7) is 9.52. The third-order valence-corrected chi connectivity index (χ3v) is 5.50. The third kappa shape index (κ3) is 7.29. The van der Waals surface area contributed by atoms with Crippen LogP contribution in [0, 0.1) is 0 Å². The minimum absolute atomic E-state index is 0.0858. The molecule has 1 saturated heterocycles. The molecule has 1 fully saturated rings. The summed E-state index contributed by atoms with van der Waals surface area (Å²) in [5.41, 5.74) is 1.86. The van der Waals surface area contributed by atoms with E-state index in [-0.39, 0.29) is 5.91 Å². The van der Waals surface area contributed by atoms with E-state index in [0.29, 0.717) is 12.6 Å². The smallest absolute Gasteiger partial charge is 0.253 e. The molecule has 0 unspecified atom stereocenters. The number of hydrogen-bond donors (Lipinski definition) is 1. The fraction of sp³-hybridized carbons (Fsp3) is 0.652. The number of methoxy groups -OCH3 is 1. The lowest BCUT2D eigenvalue weighted by Gasteiger charge is -2.34. The lowest BCUT2D eigenvalue weighted by Crippen LogP contribution is -2.46. The first-order valence-electron chi connectivity index (χ1n) is 11.1. The minimum Gasteiger partial charge on any atom is -0.385 e. The number of likely N-dealkylation sites (tertiary alicyclic amines) is 1. The molecule has 0 spiro atoms. The van der Waals surface area contributed by atoms with Crippen molar-refractivity contribution >= 4 is 11.9 Å². The van der Waals surface area contributed by atoms with Crippen molar-refractivity contribution in [3.05, 3.63) is 35.4 Å². The Morgan fingerprint density at radius 3 is 2.40 bits per heavy atom. The number of amides is 1. The van der Waals surface area contributed by atoms with E-state index in [1.54, 1.807) is 7.11 Å². The van der Waals surface area contributed by atoms with Crippen molar-refractivity contribution in [2.24, 2.45) is 4.99 Å². The molecular weight excluding hydrogens is 380 g/mol. The topological polar surface area (TPSA) is 66.4 Å². The number of aliphatic imine (C=N–C) groups is 1. The van der Waals surface area contributed by atoms with Gasteiger partial charge in [0, 0.05) is 65.7 Å². The predicted octanol–water partition coefficient (Wildman–Crippen LogP) is 2.76. The van der Waals surface area contributed by atoms with Crippen LogP contribution in [-0.4, -0.2) is 81.3 Å². The molecule has 0 aromatic heterocycles. The monoisotopic (exact) mass is 418 g/mol. The molecule has 0 atom stereocenters. The number of nitrogens with one attached hydrogen (secondary N) is 1. The molecule has 1 aromatic rings. The lowest BCUT2D eigenvalue weighted by atomic mass is 10.1. The second-order valence-corrected chi connectivity index (χ2v) is 7.48. The van der Waals surface area contributed by atoms with Crippen LogP contribution in [0.15, 0.2) is 29.3 Å². The highest BCUT2D eigenvalue weighted by Gasteiger charge is 2.21. The van der Waals surface area contributed by atoms with E-state index in [0.717, 1.165) is 75.7 Å². The fourth-order valence-electron chi connectivity index (χ4n) is 3.66. The molecule has 30 heavy (non-hydrogen) atoms. The van der Waals surface area contributed by atoms with Crippen LogP contribution in [0.25, 0.3) is 0 Å². The molecule has 0 radical (unpaired) electrons. The van der Waals surface area contributed by atoms with E-state index < -0.39 is 0 Å². The highest BCUT2D eigenvalue weighted by atomic mass is 16.5. The van der Waals surface area contributed by atoms with Gasteiger partial charge in [0.05, 0.1) is 6.10 Å². The Labute approximate surface area is 181 Å². The summed E-state index contributed by atoms with van der Waals surface area (Å²) in [5.74, 6) is 0.999. The molecule has 1 aromatic carbocycles. The highest BCUT2D eigenvalue weighted by Crippen LogP contribution is 2.14. The number of hydrogen-bond acceptors (Lipinski definition) is 4. The zero-order valence-electron chi connectivity index (χ0n) is 19.0. The van der Waals surface area contributed by atoms with Crippen molar-refractivity contribution in [1.82, 2.24) is 15.1 Å². The van der Waals surface area contributed by atoms with Gasteiger partial charge in [0.15, 0.2) is 5.96 Å². The van der Waals surface area contributed by atoms with Crippen LogP contribution in [0.2, 0.25) is 0 Å². The quantitative estimate of drug-likeness (QED) is 0.360. The Kier molecular flexibility index (Phi) is 10.7. The van der Waals surface area contributed by atoms with Gasteiger partial charge in [0.25, 0.3) is 5.91 Å². The molecule has 0 saturated carbocycles. The zero-order valence-corrected chi connectivity index (χ0v) is 19.0. The summed E-state index contributed by atoms with van der Waals surface area (Å²) in [6, 6.07) is 7.84. The number of guanidine groups is 1. The molecule has 1 aliphatic rings. The SMILES string of the molecule is CCN(CC)C(=O)c1ccc(CNC(=NC)N2CCC(OCCCOC)CC2)cc1. The van der Waals surface area contributed by atoms with Crippen molar-refractivity contribution in [3.8, 4) is 0 Å². The second-order valence-electron chi connectivity index (χ2n) is 7.48. The average molecular weight is 419 g/mol. The van der Waals surface area contributed by atoms with Gasteiger partial charge in [-0.25, -0.2) is 0 Å². The second kappa shape index (κ2) is 13.2. The van der Waals surface area contributed by atoms with E-state index in [1.165, 1.54) is 0 Å². The number of carbonyl (C=O) groups excluding carboxylic acids is 1. The molecule has 0 aliphatic carbocycles. The van der Waals surface area contributed by atoms with E-state index in [2.05, 4.69) is 15.2 Å². The van der Waals surface area contributed by atoms with Crippen LogP contribution < -0.4 is 5.32 Å². The first-order valence-corrected chi connectivity index (χ1v) is 11.1. The molecule has 7 nitrogen and oxygen atoms in total. The average Bonchev–Trinajstić information content (AvgIpc) is 2.79. The van der Waals surface area contributed by atoms with Gasteiger partial charge in [0.1, 0.15) is 0 Å². The van der Waals surface area contributed by atoms with Crippen LogP contribution in [0.3, 0.4) is 0 Å². The third-order valence-electron chi connectivity index (χ3n) is 5.50. The first-order chi connectivity index (χ1) is 14.6. The zero-order chi connectivity index (χ0) is 21.8. The molecule has 1 amide bonds. The predicted molar refractivity (Wildman–Crippen MR) is 121 cm³/mol. The molecule has 0 bridgehead atoms. The van der Waals surface area contributed by atoms with E-state index in [9.17, 15) is 4.79 Å². The van der Waals surface area contributed by atoms with Gasteiger partial charge in [0.2, 0.25) is 0 Å². The summed E-state index contributed by atoms with van der Waals surface area (Å²) in [7, 11) is 3.54. The Balaban J connectivity index is 1.79. The summed E-state index contributed by atoms with van der Waals surface area (Å²) >= 11 is 0. The maximum absolute atomic E-state index is 12.4. The van der Waals surface area contributed by atoms with Gasteiger partial charge in [-0.3, -0.25) is 9.79 Å². The van der Waals surface area contributed by atoms with Gasteiger partial charge in [-0.05, 0) is 50.8 Å². The fourth-order valence-corrected chi connectivity index (χ4v) is 3.66. The van der Waals surface area contributed by atoms with Gasteiger partial charge < -0.3 is 24.6 Å². The molecule has 7 heteroatoms. The number of benzene rings is 1. The van der Waals surface area contributed by atoms with Crippen LogP contribution >= 0.6 is 0 Å². The number of ether oxygens (including phenoxy) is 2. The van der Waals surface area contributed by atoms with Crippen molar-refractivity contribution in [1.29, 1.82) is 0 Å². The number of rotatable bonds is 10. The van der Waals surface area contributed by atoms with E-state index >= 15 is 0 Å². The molecule has 1 heterocycles. The lowest BCUT2D eigenvalue weighted by molar-refractivity contribution is 0.00989. The Bertz CT molecular complexity index is 651. The number of piperidine rings is 1. The molecule has 1 N–H and O–H groups in total. The van der Waals surface area contributed by atoms with Crippen LogP contribution in [0.4, 0.5) is 0 Å². The normalized spacial score (nSPS) is 15.3. The highest BCUT2D eigenvalue weighted by molar-refractivity contribution is 5.94. The molecule has 1 aliphatic heterocycles. The molecule has 2 rings (SSSR count). The van der Waals surface area contributed by atoms with Gasteiger partial charge >= 0.3 is 0 Å². The van der Waals surface area contributed by atoms with Gasteiger partial charge in [-0.15, -0.1) is 0 Å². The Morgan fingerprint density at radius 1 is 1.17 bits per heavy atom. The maximum atomic E-state index is 12.4. The van der Waals surface area contributed by atoms with Crippen molar-refractivity contribution in [2.75, 3.05) is 53.6 Å². The van der Waals surface area contributed by atoms with Crippen molar-refractivity contribution in [3.63, 3.8) is 0 Å². The minimum atomic E-state index is 0.0858. The summed E-state index contributed by atoms with van der Waals surface area (Å²) in [5, 5.41) is 3.45. The molecule has 168 valence electrons. The maximum Gasteiger partial charge on any atom is 0.253 e. The van der Waals surface area contributed by atoms with Gasteiger partial charge in [-0.1, -0.05) is 12.1 Å².